The van der Waals surface area contributed by atoms with E-state index in [4.69, 9.17) is 16.6 Å². The molecule has 1 aromatic carbocycles. The maximum Gasteiger partial charge on any atom is 0.223 e. The van der Waals surface area contributed by atoms with Gasteiger partial charge in [0.05, 0.1) is 17.1 Å². The first-order chi connectivity index (χ1) is 14.6. The molecule has 0 radical (unpaired) electrons. The molecular formula is C23H28ClN5O. The van der Waals surface area contributed by atoms with Crippen LogP contribution in [0.4, 0.5) is 5.82 Å². The zero-order valence-corrected chi connectivity index (χ0v) is 18.0. The summed E-state index contributed by atoms with van der Waals surface area (Å²) in [6, 6.07) is 9.52. The highest BCUT2D eigenvalue weighted by Gasteiger charge is 2.26. The smallest absolute Gasteiger partial charge is 0.223 e. The Morgan fingerprint density at radius 1 is 1.20 bits per heavy atom. The number of anilines is 1. The molecule has 30 heavy (non-hydrogen) atoms. The minimum atomic E-state index is 0.0581. The lowest BCUT2D eigenvalue weighted by atomic mass is 9.95. The van der Waals surface area contributed by atoms with Crippen molar-refractivity contribution in [3.63, 3.8) is 0 Å². The second kappa shape index (κ2) is 9.63. The van der Waals surface area contributed by atoms with Gasteiger partial charge in [-0.1, -0.05) is 11.6 Å². The van der Waals surface area contributed by atoms with Crippen molar-refractivity contribution in [3.05, 3.63) is 34.9 Å². The lowest BCUT2D eigenvalue weighted by Gasteiger charge is -2.32. The molecule has 2 saturated heterocycles. The summed E-state index contributed by atoms with van der Waals surface area (Å²) in [5.74, 6) is 1.03. The molecule has 158 valence electrons. The molecule has 2 aliphatic heterocycles. The number of halogens is 1. The molecule has 4 rings (SSSR count). The Hall–Kier alpha value is -2.36. The molecule has 0 atom stereocenters. The first-order valence-electron chi connectivity index (χ1n) is 10.9. The Bertz CT molecular complexity index is 942. The fourth-order valence-corrected chi connectivity index (χ4v) is 4.65. The van der Waals surface area contributed by atoms with E-state index in [1.807, 2.05) is 12.1 Å². The minimum absolute atomic E-state index is 0.0581. The maximum absolute atomic E-state index is 12.5. The van der Waals surface area contributed by atoms with Gasteiger partial charge in [-0.15, -0.1) is 0 Å². The van der Waals surface area contributed by atoms with E-state index in [2.05, 4.69) is 21.2 Å². The fourth-order valence-electron chi connectivity index (χ4n) is 4.47. The van der Waals surface area contributed by atoms with Crippen LogP contribution in [0.2, 0.25) is 5.02 Å². The number of benzene rings is 1. The Morgan fingerprint density at radius 2 is 1.97 bits per heavy atom. The number of rotatable bonds is 6. The van der Waals surface area contributed by atoms with Gasteiger partial charge in [-0.05, 0) is 76.0 Å². The summed E-state index contributed by atoms with van der Waals surface area (Å²) in [7, 11) is 0. The predicted octanol–water partition coefficient (Wildman–Crippen LogP) is 3.58. The molecule has 2 aliphatic rings. The summed E-state index contributed by atoms with van der Waals surface area (Å²) in [5, 5.41) is 14.0. The van der Waals surface area contributed by atoms with Gasteiger partial charge in [-0.25, -0.2) is 4.98 Å². The number of aromatic nitrogens is 1. The summed E-state index contributed by atoms with van der Waals surface area (Å²) in [6.45, 7) is 5.78. The number of likely N-dealkylation sites (tertiary alicyclic amines) is 1. The summed E-state index contributed by atoms with van der Waals surface area (Å²) in [6.07, 6.45) is 5.24. The average Bonchev–Trinajstić information content (AvgIpc) is 3.29. The molecule has 7 heteroatoms. The number of hydrogen-bond donors (Lipinski definition) is 1. The number of pyridine rings is 1. The Labute approximate surface area is 182 Å². The number of nitriles is 1. The van der Waals surface area contributed by atoms with Crippen LogP contribution in [0.25, 0.3) is 10.9 Å². The second-order valence-corrected chi connectivity index (χ2v) is 8.69. The summed E-state index contributed by atoms with van der Waals surface area (Å²) >= 11 is 6.07. The van der Waals surface area contributed by atoms with E-state index in [-0.39, 0.29) is 11.8 Å². The van der Waals surface area contributed by atoms with Gasteiger partial charge >= 0.3 is 0 Å². The number of fused-ring (bicyclic) bond motifs is 1. The topological polar surface area (TPSA) is 72.3 Å². The molecule has 1 aromatic heterocycles. The standard InChI is InChI=1S/C23H28ClN5O/c24-19-4-5-21-20(15-19)18(16-25)14-22(27-21)29-12-6-17(7-13-29)23(30)26-8-3-11-28-9-1-2-10-28/h4-5,14-15,17H,1-3,6-13H2,(H,26,30). The third-order valence-corrected chi connectivity index (χ3v) is 6.45. The van der Waals surface area contributed by atoms with Crippen molar-refractivity contribution in [2.75, 3.05) is 44.2 Å². The number of carbonyl (C=O) groups excluding carboxylic acids is 1. The molecule has 1 amide bonds. The molecule has 2 fully saturated rings. The van der Waals surface area contributed by atoms with Crippen molar-refractivity contribution in [1.82, 2.24) is 15.2 Å². The maximum atomic E-state index is 12.5. The molecule has 0 aliphatic carbocycles. The predicted molar refractivity (Wildman–Crippen MR) is 120 cm³/mol. The van der Waals surface area contributed by atoms with E-state index >= 15 is 0 Å². The summed E-state index contributed by atoms with van der Waals surface area (Å²) in [5.41, 5.74) is 1.35. The van der Waals surface area contributed by atoms with E-state index in [0.717, 1.165) is 62.2 Å². The molecule has 6 nitrogen and oxygen atoms in total. The van der Waals surface area contributed by atoms with E-state index in [1.54, 1.807) is 12.1 Å². The van der Waals surface area contributed by atoms with E-state index in [1.165, 1.54) is 25.9 Å². The number of piperidine rings is 1. The Morgan fingerprint density at radius 3 is 2.70 bits per heavy atom. The Balaban J connectivity index is 1.30. The number of carbonyl (C=O) groups is 1. The molecule has 2 aromatic rings. The highest BCUT2D eigenvalue weighted by molar-refractivity contribution is 6.31. The fraction of sp³-hybridized carbons (Fsp3) is 0.522. The van der Waals surface area contributed by atoms with Crippen LogP contribution in [0.3, 0.4) is 0 Å². The van der Waals surface area contributed by atoms with Crippen LogP contribution in [-0.4, -0.2) is 55.1 Å². The third kappa shape index (κ3) is 4.85. The zero-order chi connectivity index (χ0) is 20.9. The van der Waals surface area contributed by atoms with Crippen LogP contribution in [0.5, 0.6) is 0 Å². The van der Waals surface area contributed by atoms with Gasteiger partial charge in [0.15, 0.2) is 0 Å². The van der Waals surface area contributed by atoms with Crippen LogP contribution in [0, 0.1) is 17.2 Å². The largest absolute Gasteiger partial charge is 0.357 e. The van der Waals surface area contributed by atoms with Gasteiger partial charge in [-0.2, -0.15) is 5.26 Å². The number of nitrogens with one attached hydrogen (secondary N) is 1. The highest BCUT2D eigenvalue weighted by Crippen LogP contribution is 2.28. The molecule has 1 N–H and O–H groups in total. The van der Waals surface area contributed by atoms with Crippen molar-refractivity contribution in [2.45, 2.75) is 32.1 Å². The van der Waals surface area contributed by atoms with Crippen molar-refractivity contribution in [1.29, 1.82) is 5.26 Å². The van der Waals surface area contributed by atoms with Gasteiger partial charge in [0, 0.05) is 36.0 Å². The van der Waals surface area contributed by atoms with Gasteiger partial charge in [0.1, 0.15) is 5.82 Å². The highest BCUT2D eigenvalue weighted by atomic mass is 35.5. The molecule has 3 heterocycles. The van der Waals surface area contributed by atoms with E-state index in [0.29, 0.717) is 10.6 Å². The van der Waals surface area contributed by atoms with Crippen molar-refractivity contribution < 1.29 is 4.79 Å². The summed E-state index contributed by atoms with van der Waals surface area (Å²) in [4.78, 5) is 21.9. The quantitative estimate of drug-likeness (QED) is 0.716. The van der Waals surface area contributed by atoms with Gasteiger partial charge < -0.3 is 15.1 Å². The molecule has 0 unspecified atom stereocenters. The summed E-state index contributed by atoms with van der Waals surface area (Å²) < 4.78 is 0. The Kier molecular flexibility index (Phi) is 6.71. The lowest BCUT2D eigenvalue weighted by Crippen LogP contribution is -2.41. The van der Waals surface area contributed by atoms with Crippen molar-refractivity contribution in [3.8, 4) is 6.07 Å². The SMILES string of the molecule is N#Cc1cc(N2CCC(C(=O)NCCCN3CCCC3)CC2)nc2ccc(Cl)cc12. The second-order valence-electron chi connectivity index (χ2n) is 8.26. The van der Waals surface area contributed by atoms with Crippen molar-refractivity contribution >= 4 is 34.2 Å². The zero-order valence-electron chi connectivity index (χ0n) is 17.2. The molecule has 0 bridgehead atoms. The van der Waals surface area contributed by atoms with E-state index < -0.39 is 0 Å². The van der Waals surface area contributed by atoms with Gasteiger partial charge in [0.2, 0.25) is 5.91 Å². The van der Waals surface area contributed by atoms with E-state index in [9.17, 15) is 10.1 Å². The molecule has 0 saturated carbocycles. The van der Waals surface area contributed by atoms with Crippen LogP contribution < -0.4 is 10.2 Å². The first-order valence-corrected chi connectivity index (χ1v) is 11.3. The van der Waals surface area contributed by atoms with Crippen LogP contribution in [0.15, 0.2) is 24.3 Å². The third-order valence-electron chi connectivity index (χ3n) is 6.22. The van der Waals surface area contributed by atoms with Crippen LogP contribution >= 0.6 is 11.6 Å². The number of nitrogens with zero attached hydrogens (tertiary/aromatic N) is 4. The van der Waals surface area contributed by atoms with Crippen LogP contribution in [-0.2, 0) is 4.79 Å². The van der Waals surface area contributed by atoms with Crippen LogP contribution in [0.1, 0.15) is 37.7 Å². The monoisotopic (exact) mass is 425 g/mol. The molecule has 0 spiro atoms. The number of amides is 1. The van der Waals surface area contributed by atoms with Gasteiger partial charge in [0.25, 0.3) is 0 Å². The normalized spacial score (nSPS) is 17.9. The van der Waals surface area contributed by atoms with Gasteiger partial charge in [-0.3, -0.25) is 4.79 Å². The number of hydrogen-bond acceptors (Lipinski definition) is 5. The first kappa shape index (κ1) is 20.9. The minimum Gasteiger partial charge on any atom is -0.357 e. The molecular weight excluding hydrogens is 398 g/mol. The average molecular weight is 426 g/mol. The van der Waals surface area contributed by atoms with Crippen molar-refractivity contribution in [2.24, 2.45) is 5.92 Å². The lowest BCUT2D eigenvalue weighted by molar-refractivity contribution is -0.125.